The third-order valence-corrected chi connectivity index (χ3v) is 2.85. The number of diazo groups is 1. The molecule has 0 aromatic carbocycles. The van der Waals surface area contributed by atoms with E-state index in [-0.39, 0.29) is 12.3 Å². The standard InChI is InChI=1S/C10H13N2O2S/c1-2-3-6-14-10-5-4-9(15-10)8(13)7-12-11/h4-5H,2-3,6-7H2,1H3/q+1. The fraction of sp³-hybridized carbons (Fsp3) is 0.500. The first kappa shape index (κ1) is 11.7. The lowest BCUT2D eigenvalue weighted by atomic mass is 10.3. The summed E-state index contributed by atoms with van der Waals surface area (Å²) in [7, 11) is 0. The van der Waals surface area contributed by atoms with Crippen LogP contribution in [0, 0.1) is 5.39 Å². The molecule has 1 rings (SSSR count). The summed E-state index contributed by atoms with van der Waals surface area (Å²) in [6.45, 7) is 2.58. The van der Waals surface area contributed by atoms with Crippen LogP contribution < -0.4 is 4.74 Å². The van der Waals surface area contributed by atoms with Crippen molar-refractivity contribution in [2.24, 2.45) is 0 Å². The Morgan fingerprint density at radius 2 is 2.40 bits per heavy atom. The molecule has 80 valence electrons. The van der Waals surface area contributed by atoms with E-state index < -0.39 is 0 Å². The number of carbonyl (C=O) groups is 1. The highest BCUT2D eigenvalue weighted by Gasteiger charge is 2.15. The van der Waals surface area contributed by atoms with E-state index in [0.717, 1.165) is 17.9 Å². The van der Waals surface area contributed by atoms with Crippen LogP contribution >= 0.6 is 11.3 Å². The number of unbranched alkanes of at least 4 members (excludes halogenated alkanes) is 1. The molecule has 4 nitrogen and oxygen atoms in total. The summed E-state index contributed by atoms with van der Waals surface area (Å²) >= 11 is 1.29. The molecule has 0 saturated carbocycles. The maximum atomic E-state index is 11.3. The van der Waals surface area contributed by atoms with Crippen molar-refractivity contribution in [3.05, 3.63) is 22.0 Å². The smallest absolute Gasteiger partial charge is 0.367 e. The Kier molecular flexibility index (Phi) is 4.78. The molecule has 5 heteroatoms. The number of hydrogen-bond acceptors (Lipinski definition) is 4. The van der Waals surface area contributed by atoms with Gasteiger partial charge in [0.2, 0.25) is 5.39 Å². The van der Waals surface area contributed by atoms with E-state index >= 15 is 0 Å². The van der Waals surface area contributed by atoms with Crippen molar-refractivity contribution < 1.29 is 9.53 Å². The van der Waals surface area contributed by atoms with Crippen LogP contribution in [-0.2, 0) is 0 Å². The van der Waals surface area contributed by atoms with Crippen LogP contribution in [0.4, 0.5) is 0 Å². The van der Waals surface area contributed by atoms with Gasteiger partial charge in [-0.05, 0) is 18.6 Å². The molecule has 0 saturated heterocycles. The van der Waals surface area contributed by atoms with Crippen LogP contribution in [0.1, 0.15) is 29.4 Å². The molecule has 0 unspecified atom stereocenters. The van der Waals surface area contributed by atoms with Crippen molar-refractivity contribution >= 4 is 17.1 Å². The second-order valence-corrected chi connectivity index (χ2v) is 4.09. The van der Waals surface area contributed by atoms with Crippen molar-refractivity contribution in [3.8, 4) is 5.06 Å². The molecular formula is C10H13N2O2S+. The van der Waals surface area contributed by atoms with E-state index in [2.05, 4.69) is 11.9 Å². The van der Waals surface area contributed by atoms with Crippen molar-refractivity contribution in [3.63, 3.8) is 0 Å². The Balaban J connectivity index is 2.49. The minimum absolute atomic E-state index is 0.186. The number of rotatable bonds is 6. The molecule has 1 aromatic heterocycles. The molecular weight excluding hydrogens is 212 g/mol. The van der Waals surface area contributed by atoms with Crippen molar-refractivity contribution in [2.75, 3.05) is 13.2 Å². The molecule has 0 aliphatic heterocycles. The van der Waals surface area contributed by atoms with Gasteiger partial charge in [0.05, 0.1) is 11.5 Å². The summed E-state index contributed by atoms with van der Waals surface area (Å²) < 4.78 is 5.43. The second kappa shape index (κ2) is 6.14. The van der Waals surface area contributed by atoms with E-state index in [4.69, 9.17) is 10.1 Å². The van der Waals surface area contributed by atoms with E-state index in [1.165, 1.54) is 11.3 Å². The number of ketones is 1. The van der Waals surface area contributed by atoms with E-state index in [1.54, 1.807) is 12.1 Å². The fourth-order valence-electron chi connectivity index (χ4n) is 1.01. The number of ether oxygens (including phenoxy) is 1. The van der Waals surface area contributed by atoms with Gasteiger partial charge in [-0.3, -0.25) is 4.79 Å². The largest absolute Gasteiger partial charge is 0.484 e. The van der Waals surface area contributed by atoms with Crippen LogP contribution in [0.2, 0.25) is 0 Å². The Morgan fingerprint density at radius 1 is 1.60 bits per heavy atom. The molecule has 0 bridgehead atoms. The quantitative estimate of drug-likeness (QED) is 0.425. The molecule has 0 aliphatic rings. The molecule has 1 heterocycles. The maximum absolute atomic E-state index is 11.3. The van der Waals surface area contributed by atoms with Gasteiger partial charge in [0.25, 0.3) is 5.78 Å². The highest BCUT2D eigenvalue weighted by Crippen LogP contribution is 2.25. The summed E-state index contributed by atoms with van der Waals surface area (Å²) in [5.74, 6) is -0.187. The fourth-order valence-corrected chi connectivity index (χ4v) is 1.82. The van der Waals surface area contributed by atoms with Crippen LogP contribution in [0.15, 0.2) is 12.1 Å². The second-order valence-electron chi connectivity index (χ2n) is 3.04. The van der Waals surface area contributed by atoms with Gasteiger partial charge in [-0.1, -0.05) is 24.7 Å². The first-order chi connectivity index (χ1) is 7.27. The number of hydrogen-bond donors (Lipinski definition) is 0. The summed E-state index contributed by atoms with van der Waals surface area (Å²) in [5.41, 5.74) is 0. The minimum atomic E-state index is -0.187. The van der Waals surface area contributed by atoms with Crippen molar-refractivity contribution in [1.82, 2.24) is 0 Å². The van der Waals surface area contributed by atoms with Gasteiger partial charge in [0, 0.05) is 0 Å². The van der Waals surface area contributed by atoms with Gasteiger partial charge in [-0.15, -0.1) is 0 Å². The third-order valence-electron chi connectivity index (χ3n) is 1.81. The van der Waals surface area contributed by atoms with Gasteiger partial charge in [-0.25, -0.2) is 0 Å². The van der Waals surface area contributed by atoms with E-state index in [0.29, 0.717) is 11.5 Å². The molecule has 15 heavy (non-hydrogen) atoms. The van der Waals surface area contributed by atoms with Crippen LogP contribution in [0.5, 0.6) is 5.06 Å². The normalized spacial score (nSPS) is 9.60. The SMILES string of the molecule is CCCCOc1ccc(C(=O)C[N+]#N)s1. The zero-order chi connectivity index (χ0) is 11.1. The van der Waals surface area contributed by atoms with Crippen LogP contribution in [0.25, 0.3) is 4.98 Å². The topological polar surface area (TPSA) is 54.5 Å². The van der Waals surface area contributed by atoms with Gasteiger partial charge < -0.3 is 4.74 Å². The van der Waals surface area contributed by atoms with Crippen molar-refractivity contribution in [1.29, 1.82) is 5.39 Å². The lowest BCUT2D eigenvalue weighted by Crippen LogP contribution is -1.98. The maximum Gasteiger partial charge on any atom is 0.367 e. The molecule has 0 atom stereocenters. The molecule has 0 radical (unpaired) electrons. The molecule has 0 fully saturated rings. The number of thiophene rings is 1. The Bertz CT molecular complexity index is 368. The van der Waals surface area contributed by atoms with Crippen molar-refractivity contribution in [2.45, 2.75) is 19.8 Å². The summed E-state index contributed by atoms with van der Waals surface area (Å²) in [6.07, 6.45) is 2.09. The highest BCUT2D eigenvalue weighted by molar-refractivity contribution is 7.15. The summed E-state index contributed by atoms with van der Waals surface area (Å²) in [4.78, 5) is 14.7. The minimum Gasteiger partial charge on any atom is -0.484 e. The summed E-state index contributed by atoms with van der Waals surface area (Å²) in [5, 5.41) is 9.00. The predicted octanol–water partition coefficient (Wildman–Crippen LogP) is 2.96. The first-order valence-corrected chi connectivity index (χ1v) is 5.66. The zero-order valence-corrected chi connectivity index (χ0v) is 9.42. The molecule has 0 aliphatic carbocycles. The zero-order valence-electron chi connectivity index (χ0n) is 8.60. The number of Topliss-reactive ketones (excluding diaryl/α,β-unsaturated/α-hetero) is 1. The lowest BCUT2D eigenvalue weighted by molar-refractivity contribution is 0.101. The van der Waals surface area contributed by atoms with Gasteiger partial charge in [0.1, 0.15) is 4.98 Å². The third kappa shape index (κ3) is 3.68. The Morgan fingerprint density at radius 3 is 3.07 bits per heavy atom. The number of nitrogens with zero attached hydrogens (tertiary/aromatic N) is 2. The van der Waals surface area contributed by atoms with Crippen LogP contribution in [0.3, 0.4) is 0 Å². The Labute approximate surface area is 92.5 Å². The van der Waals surface area contributed by atoms with E-state index in [1.807, 2.05) is 0 Å². The van der Waals surface area contributed by atoms with Gasteiger partial charge in [0.15, 0.2) is 5.06 Å². The molecule has 0 N–H and O–H groups in total. The van der Waals surface area contributed by atoms with Gasteiger partial charge >= 0.3 is 6.54 Å². The molecule has 1 aromatic rings. The monoisotopic (exact) mass is 225 g/mol. The van der Waals surface area contributed by atoms with Crippen LogP contribution in [-0.4, -0.2) is 18.9 Å². The molecule has 0 amide bonds. The average Bonchev–Trinajstić information content (AvgIpc) is 2.67. The van der Waals surface area contributed by atoms with E-state index in [9.17, 15) is 4.79 Å². The number of carbonyl (C=O) groups excluding carboxylic acids is 1. The Hall–Kier alpha value is -1.41. The van der Waals surface area contributed by atoms with Gasteiger partial charge in [-0.2, -0.15) is 0 Å². The average molecular weight is 225 g/mol. The predicted molar refractivity (Wildman–Crippen MR) is 59.0 cm³/mol. The molecule has 0 spiro atoms. The highest BCUT2D eigenvalue weighted by atomic mass is 32.1. The lowest BCUT2D eigenvalue weighted by Gasteiger charge is -1.99. The summed E-state index contributed by atoms with van der Waals surface area (Å²) in [6, 6.07) is 3.46. The first-order valence-electron chi connectivity index (χ1n) is 4.84.